The van der Waals surface area contributed by atoms with Crippen LogP contribution < -0.4 is 0 Å². The Balaban J connectivity index is 1.76. The quantitative estimate of drug-likeness (QED) is 0.879. The van der Waals surface area contributed by atoms with Gasteiger partial charge in [0.1, 0.15) is 5.41 Å². The molecule has 1 saturated heterocycles. The van der Waals surface area contributed by atoms with E-state index in [1.54, 1.807) is 35.1 Å². The topological polar surface area (TPSA) is 84.7 Å². The van der Waals surface area contributed by atoms with Crippen LogP contribution in [0.3, 0.4) is 0 Å². The zero-order chi connectivity index (χ0) is 18.0. The number of hydrogen-bond donors (Lipinski definition) is 1. The van der Waals surface area contributed by atoms with Crippen LogP contribution in [0.2, 0.25) is 5.02 Å². The lowest BCUT2D eigenvalue weighted by molar-refractivity contribution is -0.151. The second kappa shape index (κ2) is 6.85. The van der Waals surface area contributed by atoms with Crippen LogP contribution in [0.15, 0.2) is 36.7 Å². The molecule has 1 aromatic carbocycles. The second-order valence-electron chi connectivity index (χ2n) is 6.15. The van der Waals surface area contributed by atoms with Crippen molar-refractivity contribution in [2.24, 2.45) is 5.41 Å². The summed E-state index contributed by atoms with van der Waals surface area (Å²) in [6, 6.07) is 7.08. The molecule has 0 saturated carbocycles. The first-order chi connectivity index (χ1) is 11.9. The first kappa shape index (κ1) is 17.4. The van der Waals surface area contributed by atoms with Crippen molar-refractivity contribution in [3.63, 3.8) is 0 Å². The summed E-state index contributed by atoms with van der Waals surface area (Å²) in [4.78, 5) is 25.8. The highest BCUT2D eigenvalue weighted by Gasteiger charge is 2.46. The zero-order valence-electron chi connectivity index (χ0n) is 13.7. The molecule has 2 aromatic rings. The highest BCUT2D eigenvalue weighted by atomic mass is 35.5. The van der Waals surface area contributed by atoms with E-state index in [1.165, 1.54) is 18.2 Å². The molecule has 1 aliphatic rings. The minimum absolute atomic E-state index is 0.0795. The number of nitrogens with zero attached hydrogens (tertiary/aromatic N) is 3. The molecule has 0 radical (unpaired) electrons. The number of carbonyl (C=O) groups is 2. The molecule has 0 aliphatic carbocycles. The minimum Gasteiger partial charge on any atom is -0.481 e. The molecule has 2 heterocycles. The number of aromatic nitrogens is 2. The molecule has 3 rings (SSSR count). The third kappa shape index (κ3) is 3.38. The van der Waals surface area contributed by atoms with Crippen LogP contribution in [0.5, 0.6) is 0 Å². The molecular weight excluding hydrogens is 346 g/mol. The third-order valence-electron chi connectivity index (χ3n) is 4.44. The predicted molar refractivity (Wildman–Crippen MR) is 91.0 cm³/mol. The molecule has 7 nitrogen and oxygen atoms in total. The molecule has 1 amide bonds. The van der Waals surface area contributed by atoms with Crippen LogP contribution in [0, 0.1) is 5.41 Å². The maximum Gasteiger partial charge on any atom is 0.313 e. The first-order valence-electron chi connectivity index (χ1n) is 7.77. The van der Waals surface area contributed by atoms with Gasteiger partial charge in [-0.05, 0) is 30.7 Å². The Bertz CT molecular complexity index is 789. The number of carbonyl (C=O) groups excluding carboxylic acids is 1. The highest BCUT2D eigenvalue weighted by molar-refractivity contribution is 6.30. The van der Waals surface area contributed by atoms with Crippen molar-refractivity contribution in [3.05, 3.63) is 47.2 Å². The summed E-state index contributed by atoms with van der Waals surface area (Å²) in [7, 11) is 1.46. The average Bonchev–Trinajstić information content (AvgIpc) is 3.23. The zero-order valence-corrected chi connectivity index (χ0v) is 14.4. The summed E-state index contributed by atoms with van der Waals surface area (Å²) in [5.74, 6) is -1.18. The number of halogens is 1. The number of ether oxygens (including phenoxy) is 1. The van der Waals surface area contributed by atoms with Gasteiger partial charge in [-0.2, -0.15) is 5.10 Å². The van der Waals surface area contributed by atoms with Gasteiger partial charge >= 0.3 is 5.97 Å². The van der Waals surface area contributed by atoms with E-state index in [1.807, 2.05) is 0 Å². The monoisotopic (exact) mass is 363 g/mol. The fourth-order valence-corrected chi connectivity index (χ4v) is 3.15. The van der Waals surface area contributed by atoms with E-state index < -0.39 is 11.4 Å². The van der Waals surface area contributed by atoms with E-state index >= 15 is 0 Å². The summed E-state index contributed by atoms with van der Waals surface area (Å²) in [5.41, 5.74) is 0.147. The van der Waals surface area contributed by atoms with Crippen molar-refractivity contribution in [2.75, 3.05) is 26.8 Å². The molecule has 25 heavy (non-hydrogen) atoms. The van der Waals surface area contributed by atoms with E-state index in [9.17, 15) is 14.7 Å². The standard InChI is InChI=1S/C17H18ClN3O4/c1-25-11-17(16(23)24)6-7-20(10-17)15(22)12-8-19-21(9-12)14-4-2-13(18)3-5-14/h2-5,8-9H,6-7,10-11H2,1H3,(H,23,24). The summed E-state index contributed by atoms with van der Waals surface area (Å²) in [6.07, 6.45) is 3.48. The number of carboxylic acids is 1. The lowest BCUT2D eigenvalue weighted by Gasteiger charge is -2.23. The first-order valence-corrected chi connectivity index (χ1v) is 8.15. The molecule has 1 atom stereocenters. The smallest absolute Gasteiger partial charge is 0.313 e. The van der Waals surface area contributed by atoms with E-state index in [-0.39, 0.29) is 19.1 Å². The van der Waals surface area contributed by atoms with E-state index in [0.717, 1.165) is 5.69 Å². The average molecular weight is 364 g/mol. The minimum atomic E-state index is -1.05. The number of aliphatic carboxylic acids is 1. The number of likely N-dealkylation sites (tertiary alicyclic amines) is 1. The van der Waals surface area contributed by atoms with Gasteiger partial charge in [-0.25, -0.2) is 4.68 Å². The number of rotatable bonds is 5. The van der Waals surface area contributed by atoms with Crippen LogP contribution in [-0.2, 0) is 9.53 Å². The van der Waals surface area contributed by atoms with Crippen LogP contribution >= 0.6 is 11.6 Å². The fourth-order valence-electron chi connectivity index (χ4n) is 3.03. The van der Waals surface area contributed by atoms with E-state index in [4.69, 9.17) is 16.3 Å². The van der Waals surface area contributed by atoms with Crippen molar-refractivity contribution in [1.29, 1.82) is 0 Å². The number of methoxy groups -OCH3 is 1. The van der Waals surface area contributed by atoms with Crippen LogP contribution in [0.4, 0.5) is 0 Å². The Morgan fingerprint density at radius 1 is 1.36 bits per heavy atom. The normalized spacial score (nSPS) is 20.0. The third-order valence-corrected chi connectivity index (χ3v) is 4.69. The number of benzene rings is 1. The summed E-state index contributed by atoms with van der Waals surface area (Å²) < 4.78 is 6.63. The maximum absolute atomic E-state index is 12.7. The Hall–Kier alpha value is -2.38. The summed E-state index contributed by atoms with van der Waals surface area (Å²) >= 11 is 5.87. The van der Waals surface area contributed by atoms with Gasteiger partial charge in [0.05, 0.1) is 24.1 Å². The van der Waals surface area contributed by atoms with Crippen LogP contribution in [-0.4, -0.2) is 58.5 Å². The molecule has 1 fully saturated rings. The highest BCUT2D eigenvalue weighted by Crippen LogP contribution is 2.32. The van der Waals surface area contributed by atoms with Crippen LogP contribution in [0.25, 0.3) is 5.69 Å². The van der Waals surface area contributed by atoms with E-state index in [0.29, 0.717) is 23.6 Å². The van der Waals surface area contributed by atoms with Crippen molar-refractivity contribution in [1.82, 2.24) is 14.7 Å². The Morgan fingerprint density at radius 3 is 2.72 bits per heavy atom. The maximum atomic E-state index is 12.7. The molecular formula is C17H18ClN3O4. The van der Waals surface area contributed by atoms with Gasteiger partial charge in [0.15, 0.2) is 0 Å². The lowest BCUT2D eigenvalue weighted by Crippen LogP contribution is -2.40. The lowest BCUT2D eigenvalue weighted by atomic mass is 9.88. The van der Waals surface area contributed by atoms with Gasteiger partial charge in [0.25, 0.3) is 5.91 Å². The molecule has 0 bridgehead atoms. The summed E-state index contributed by atoms with van der Waals surface area (Å²) in [6.45, 7) is 0.581. The number of carboxylic acid groups (broad SMARTS) is 1. The van der Waals surface area contributed by atoms with Gasteiger partial charge in [-0.15, -0.1) is 0 Å². The number of amides is 1. The molecule has 8 heteroatoms. The molecule has 1 aromatic heterocycles. The molecule has 1 unspecified atom stereocenters. The predicted octanol–water partition coefficient (Wildman–Crippen LogP) is 2.09. The summed E-state index contributed by atoms with van der Waals surface area (Å²) in [5, 5.41) is 14.3. The van der Waals surface area contributed by atoms with Crippen molar-refractivity contribution in [3.8, 4) is 5.69 Å². The van der Waals surface area contributed by atoms with Gasteiger partial charge in [0.2, 0.25) is 0 Å². The fraction of sp³-hybridized carbons (Fsp3) is 0.353. The molecule has 132 valence electrons. The molecule has 0 spiro atoms. The van der Waals surface area contributed by atoms with Gasteiger partial charge in [0, 0.05) is 31.4 Å². The van der Waals surface area contributed by atoms with Gasteiger partial charge in [-0.3, -0.25) is 9.59 Å². The van der Waals surface area contributed by atoms with Crippen LogP contribution in [0.1, 0.15) is 16.8 Å². The molecule has 1 N–H and O–H groups in total. The number of hydrogen-bond acceptors (Lipinski definition) is 4. The molecule has 1 aliphatic heterocycles. The Morgan fingerprint density at radius 2 is 2.08 bits per heavy atom. The van der Waals surface area contributed by atoms with Gasteiger partial charge in [-0.1, -0.05) is 11.6 Å². The second-order valence-corrected chi connectivity index (χ2v) is 6.58. The van der Waals surface area contributed by atoms with Crippen molar-refractivity contribution in [2.45, 2.75) is 6.42 Å². The van der Waals surface area contributed by atoms with Gasteiger partial charge < -0.3 is 14.7 Å². The SMILES string of the molecule is COCC1(C(=O)O)CCN(C(=O)c2cnn(-c3ccc(Cl)cc3)c2)C1. The Labute approximate surface area is 149 Å². The Kier molecular flexibility index (Phi) is 4.78. The van der Waals surface area contributed by atoms with E-state index in [2.05, 4.69) is 5.10 Å². The largest absolute Gasteiger partial charge is 0.481 e. The van der Waals surface area contributed by atoms with Crippen molar-refractivity contribution < 1.29 is 19.4 Å². The van der Waals surface area contributed by atoms with Crippen molar-refractivity contribution >= 4 is 23.5 Å².